The molecule has 12 heavy (non-hydrogen) atoms. The lowest BCUT2D eigenvalue weighted by atomic mass is 10.4. The zero-order valence-electron chi connectivity index (χ0n) is 6.85. The van der Waals surface area contributed by atoms with Crippen molar-refractivity contribution in [1.29, 1.82) is 0 Å². The smallest absolute Gasteiger partial charge is 0.354 e. The van der Waals surface area contributed by atoms with Gasteiger partial charge in [-0.3, -0.25) is 0 Å². The SMILES string of the molecule is CN(C)c1cc(C(=O)O)ncn1. The van der Waals surface area contributed by atoms with Crippen molar-refractivity contribution in [3.05, 3.63) is 18.1 Å². The molecule has 0 spiro atoms. The second-order valence-electron chi connectivity index (χ2n) is 2.46. The molecule has 1 N–H and O–H groups in total. The summed E-state index contributed by atoms with van der Waals surface area (Å²) in [6.45, 7) is 0. The van der Waals surface area contributed by atoms with Crippen molar-refractivity contribution in [2.24, 2.45) is 0 Å². The van der Waals surface area contributed by atoms with Gasteiger partial charge in [-0.15, -0.1) is 0 Å². The molecule has 1 heterocycles. The Labute approximate surface area is 69.7 Å². The minimum Gasteiger partial charge on any atom is -0.477 e. The molecule has 0 unspecified atom stereocenters. The molecule has 0 aromatic carbocycles. The molecule has 1 rings (SSSR count). The van der Waals surface area contributed by atoms with Crippen molar-refractivity contribution in [2.75, 3.05) is 19.0 Å². The van der Waals surface area contributed by atoms with E-state index in [0.29, 0.717) is 5.82 Å². The lowest BCUT2D eigenvalue weighted by molar-refractivity contribution is 0.0690. The molecule has 5 nitrogen and oxygen atoms in total. The Hall–Kier alpha value is -1.65. The van der Waals surface area contributed by atoms with E-state index in [2.05, 4.69) is 9.97 Å². The van der Waals surface area contributed by atoms with E-state index >= 15 is 0 Å². The molecule has 5 heteroatoms. The number of rotatable bonds is 2. The van der Waals surface area contributed by atoms with E-state index < -0.39 is 5.97 Å². The maximum absolute atomic E-state index is 10.5. The average molecular weight is 167 g/mol. The highest BCUT2D eigenvalue weighted by atomic mass is 16.4. The van der Waals surface area contributed by atoms with E-state index in [1.807, 2.05) is 0 Å². The topological polar surface area (TPSA) is 66.3 Å². The van der Waals surface area contributed by atoms with E-state index in [9.17, 15) is 4.79 Å². The Kier molecular flexibility index (Phi) is 2.23. The molecule has 0 bridgehead atoms. The summed E-state index contributed by atoms with van der Waals surface area (Å²) in [6, 6.07) is 1.42. The van der Waals surface area contributed by atoms with E-state index in [0.717, 1.165) is 0 Å². The summed E-state index contributed by atoms with van der Waals surface area (Å²) in [5.74, 6) is -0.456. The molecular formula is C7H9N3O2. The number of carbonyl (C=O) groups is 1. The van der Waals surface area contributed by atoms with Crippen molar-refractivity contribution in [3.63, 3.8) is 0 Å². The minimum atomic E-state index is -1.04. The Bertz CT molecular complexity index is 298. The Morgan fingerprint density at radius 2 is 2.17 bits per heavy atom. The van der Waals surface area contributed by atoms with E-state index in [1.165, 1.54) is 12.4 Å². The van der Waals surface area contributed by atoms with Crippen LogP contribution < -0.4 is 4.90 Å². The standard InChI is InChI=1S/C7H9N3O2/c1-10(2)6-3-5(7(11)12)8-4-9-6/h3-4H,1-2H3,(H,11,12). The molecule has 0 aliphatic carbocycles. The zero-order valence-corrected chi connectivity index (χ0v) is 6.85. The van der Waals surface area contributed by atoms with E-state index in [4.69, 9.17) is 5.11 Å². The fourth-order valence-corrected chi connectivity index (χ4v) is 0.709. The van der Waals surface area contributed by atoms with Gasteiger partial charge in [-0.05, 0) is 0 Å². The van der Waals surface area contributed by atoms with Crippen LogP contribution in [0.4, 0.5) is 5.82 Å². The highest BCUT2D eigenvalue weighted by molar-refractivity contribution is 5.86. The number of aromatic nitrogens is 2. The third-order valence-electron chi connectivity index (χ3n) is 1.33. The lowest BCUT2D eigenvalue weighted by Crippen LogP contribution is -2.12. The molecule has 64 valence electrons. The molecule has 0 fully saturated rings. The highest BCUT2D eigenvalue weighted by Crippen LogP contribution is 2.06. The molecule has 0 aliphatic rings. The van der Waals surface area contributed by atoms with Crippen molar-refractivity contribution in [2.45, 2.75) is 0 Å². The number of nitrogens with zero attached hydrogens (tertiary/aromatic N) is 3. The number of carboxylic acids is 1. The Morgan fingerprint density at radius 1 is 1.50 bits per heavy atom. The number of hydrogen-bond acceptors (Lipinski definition) is 4. The lowest BCUT2D eigenvalue weighted by Gasteiger charge is -2.09. The summed E-state index contributed by atoms with van der Waals surface area (Å²) in [5.41, 5.74) is 0.00806. The molecular weight excluding hydrogens is 158 g/mol. The van der Waals surface area contributed by atoms with Gasteiger partial charge in [0.25, 0.3) is 0 Å². The van der Waals surface area contributed by atoms with Crippen LogP contribution in [-0.4, -0.2) is 35.1 Å². The number of carboxylic acid groups (broad SMARTS) is 1. The maximum atomic E-state index is 10.5. The van der Waals surface area contributed by atoms with Crippen LogP contribution in [0.3, 0.4) is 0 Å². The van der Waals surface area contributed by atoms with Gasteiger partial charge in [-0.2, -0.15) is 0 Å². The monoisotopic (exact) mass is 167 g/mol. The van der Waals surface area contributed by atoms with Gasteiger partial charge in [0.05, 0.1) is 0 Å². The normalized spacial score (nSPS) is 9.50. The summed E-state index contributed by atoms with van der Waals surface area (Å²) >= 11 is 0. The van der Waals surface area contributed by atoms with Crippen LogP contribution in [0.1, 0.15) is 10.5 Å². The van der Waals surface area contributed by atoms with E-state index in [1.54, 1.807) is 19.0 Å². The summed E-state index contributed by atoms with van der Waals surface area (Å²) < 4.78 is 0. The summed E-state index contributed by atoms with van der Waals surface area (Å²) in [5, 5.41) is 8.58. The first-order valence-electron chi connectivity index (χ1n) is 3.34. The molecule has 0 saturated heterocycles. The van der Waals surface area contributed by atoms with Gasteiger partial charge in [-0.1, -0.05) is 0 Å². The van der Waals surface area contributed by atoms with Crippen LogP contribution >= 0.6 is 0 Å². The zero-order chi connectivity index (χ0) is 9.14. The maximum Gasteiger partial charge on any atom is 0.354 e. The Morgan fingerprint density at radius 3 is 2.67 bits per heavy atom. The minimum absolute atomic E-state index is 0.00806. The molecule has 1 aromatic heterocycles. The van der Waals surface area contributed by atoms with Gasteiger partial charge < -0.3 is 10.0 Å². The Balaban J connectivity index is 3.04. The van der Waals surface area contributed by atoms with Crippen molar-refractivity contribution in [1.82, 2.24) is 9.97 Å². The molecule has 0 atom stereocenters. The third-order valence-corrected chi connectivity index (χ3v) is 1.33. The van der Waals surface area contributed by atoms with Gasteiger partial charge in [0.2, 0.25) is 0 Å². The second kappa shape index (κ2) is 3.17. The van der Waals surface area contributed by atoms with Gasteiger partial charge in [0.1, 0.15) is 12.1 Å². The van der Waals surface area contributed by atoms with Crippen LogP contribution in [0.5, 0.6) is 0 Å². The van der Waals surface area contributed by atoms with Crippen molar-refractivity contribution in [3.8, 4) is 0 Å². The van der Waals surface area contributed by atoms with Crippen LogP contribution in [0.25, 0.3) is 0 Å². The number of anilines is 1. The van der Waals surface area contributed by atoms with Gasteiger partial charge in [0, 0.05) is 20.2 Å². The summed E-state index contributed by atoms with van der Waals surface area (Å²) in [4.78, 5) is 19.6. The highest BCUT2D eigenvalue weighted by Gasteiger charge is 2.06. The molecule has 0 aliphatic heterocycles. The first kappa shape index (κ1) is 8.45. The average Bonchev–Trinajstić information content (AvgIpc) is 2.04. The van der Waals surface area contributed by atoms with Crippen LogP contribution in [0.15, 0.2) is 12.4 Å². The molecule has 0 saturated carbocycles. The fraction of sp³-hybridized carbons (Fsp3) is 0.286. The van der Waals surface area contributed by atoms with Crippen molar-refractivity contribution >= 4 is 11.8 Å². The molecule has 1 aromatic rings. The largest absolute Gasteiger partial charge is 0.477 e. The third kappa shape index (κ3) is 1.69. The summed E-state index contributed by atoms with van der Waals surface area (Å²) in [6.07, 6.45) is 1.23. The molecule has 0 amide bonds. The van der Waals surface area contributed by atoms with Crippen LogP contribution in [-0.2, 0) is 0 Å². The van der Waals surface area contributed by atoms with Gasteiger partial charge in [-0.25, -0.2) is 14.8 Å². The number of hydrogen-bond donors (Lipinski definition) is 1. The second-order valence-corrected chi connectivity index (χ2v) is 2.46. The quantitative estimate of drug-likeness (QED) is 0.683. The van der Waals surface area contributed by atoms with E-state index in [-0.39, 0.29) is 5.69 Å². The molecule has 0 radical (unpaired) electrons. The fourth-order valence-electron chi connectivity index (χ4n) is 0.709. The first-order valence-corrected chi connectivity index (χ1v) is 3.34. The predicted molar refractivity (Wildman–Crippen MR) is 43.3 cm³/mol. The number of aromatic carboxylic acids is 1. The van der Waals surface area contributed by atoms with Crippen LogP contribution in [0, 0.1) is 0 Å². The van der Waals surface area contributed by atoms with Gasteiger partial charge in [0.15, 0.2) is 5.69 Å². The predicted octanol–water partition coefficient (Wildman–Crippen LogP) is 0.241. The van der Waals surface area contributed by atoms with Gasteiger partial charge >= 0.3 is 5.97 Å². The first-order chi connectivity index (χ1) is 5.61. The van der Waals surface area contributed by atoms with Crippen molar-refractivity contribution < 1.29 is 9.90 Å². The van der Waals surface area contributed by atoms with Crippen LogP contribution in [0.2, 0.25) is 0 Å². The summed E-state index contributed by atoms with van der Waals surface area (Å²) in [7, 11) is 3.57.